The van der Waals surface area contributed by atoms with Gasteiger partial charge in [-0.3, -0.25) is 4.79 Å². The lowest BCUT2D eigenvalue weighted by Crippen LogP contribution is -2.43. The van der Waals surface area contributed by atoms with Crippen molar-refractivity contribution >= 4 is 5.91 Å². The third kappa shape index (κ3) is 3.61. The van der Waals surface area contributed by atoms with Gasteiger partial charge in [0.25, 0.3) is 0 Å². The SMILES string of the molecule is NCCCN(C(=O)CC1CC2CCC1C2)C1CCCCC1. The van der Waals surface area contributed by atoms with E-state index in [1.165, 1.54) is 57.8 Å². The molecule has 3 aliphatic rings. The highest BCUT2D eigenvalue weighted by Gasteiger charge is 2.41. The van der Waals surface area contributed by atoms with Crippen molar-refractivity contribution in [3.63, 3.8) is 0 Å². The van der Waals surface area contributed by atoms with Crippen LogP contribution in [0.2, 0.25) is 0 Å². The van der Waals surface area contributed by atoms with E-state index in [-0.39, 0.29) is 0 Å². The van der Waals surface area contributed by atoms with E-state index in [4.69, 9.17) is 5.73 Å². The minimum Gasteiger partial charge on any atom is -0.340 e. The van der Waals surface area contributed by atoms with E-state index in [0.717, 1.165) is 31.2 Å². The fraction of sp³-hybridized carbons (Fsp3) is 0.944. The second kappa shape index (κ2) is 7.13. The van der Waals surface area contributed by atoms with Crippen LogP contribution in [0, 0.1) is 17.8 Å². The maximum atomic E-state index is 12.9. The number of amides is 1. The first-order valence-corrected chi connectivity index (χ1v) is 9.27. The van der Waals surface area contributed by atoms with Crippen molar-refractivity contribution in [3.05, 3.63) is 0 Å². The molecule has 0 aromatic heterocycles. The molecule has 3 unspecified atom stereocenters. The Morgan fingerprint density at radius 1 is 1.05 bits per heavy atom. The molecule has 3 atom stereocenters. The summed E-state index contributed by atoms with van der Waals surface area (Å²) in [5.41, 5.74) is 5.68. The van der Waals surface area contributed by atoms with Crippen molar-refractivity contribution in [2.75, 3.05) is 13.1 Å². The molecule has 21 heavy (non-hydrogen) atoms. The van der Waals surface area contributed by atoms with Gasteiger partial charge in [0, 0.05) is 19.0 Å². The van der Waals surface area contributed by atoms with Gasteiger partial charge in [-0.05, 0) is 62.8 Å². The van der Waals surface area contributed by atoms with Gasteiger partial charge in [-0.2, -0.15) is 0 Å². The molecule has 3 rings (SSSR count). The first-order valence-electron chi connectivity index (χ1n) is 9.27. The van der Waals surface area contributed by atoms with Crippen LogP contribution in [0.3, 0.4) is 0 Å². The van der Waals surface area contributed by atoms with Gasteiger partial charge in [-0.25, -0.2) is 0 Å². The highest BCUT2D eigenvalue weighted by molar-refractivity contribution is 5.77. The largest absolute Gasteiger partial charge is 0.340 e. The second-order valence-electron chi connectivity index (χ2n) is 7.66. The van der Waals surface area contributed by atoms with Crippen LogP contribution in [0.15, 0.2) is 0 Å². The predicted molar refractivity (Wildman–Crippen MR) is 85.8 cm³/mol. The van der Waals surface area contributed by atoms with Gasteiger partial charge in [0.1, 0.15) is 0 Å². The Bertz CT molecular complexity index is 351. The zero-order chi connectivity index (χ0) is 14.7. The number of hydrogen-bond acceptors (Lipinski definition) is 2. The highest BCUT2D eigenvalue weighted by Crippen LogP contribution is 2.49. The molecule has 0 aliphatic heterocycles. The molecule has 3 fully saturated rings. The Morgan fingerprint density at radius 2 is 1.86 bits per heavy atom. The summed E-state index contributed by atoms with van der Waals surface area (Å²) in [5.74, 6) is 2.94. The molecule has 2 bridgehead atoms. The van der Waals surface area contributed by atoms with E-state index >= 15 is 0 Å². The number of carbonyl (C=O) groups excluding carboxylic acids is 1. The molecule has 2 N–H and O–H groups in total. The molecule has 120 valence electrons. The maximum absolute atomic E-state index is 12.9. The molecule has 3 nitrogen and oxygen atoms in total. The predicted octanol–water partition coefficient (Wildman–Crippen LogP) is 3.32. The summed E-state index contributed by atoms with van der Waals surface area (Å²) in [6.45, 7) is 1.59. The topological polar surface area (TPSA) is 46.3 Å². The molecule has 0 saturated heterocycles. The Morgan fingerprint density at radius 3 is 2.48 bits per heavy atom. The van der Waals surface area contributed by atoms with E-state index in [2.05, 4.69) is 4.90 Å². The van der Waals surface area contributed by atoms with Crippen LogP contribution < -0.4 is 5.73 Å². The van der Waals surface area contributed by atoms with E-state index in [0.29, 0.717) is 24.4 Å². The van der Waals surface area contributed by atoms with E-state index in [9.17, 15) is 4.79 Å². The zero-order valence-electron chi connectivity index (χ0n) is 13.4. The lowest BCUT2D eigenvalue weighted by atomic mass is 9.85. The second-order valence-corrected chi connectivity index (χ2v) is 7.66. The summed E-state index contributed by atoms with van der Waals surface area (Å²) >= 11 is 0. The van der Waals surface area contributed by atoms with Gasteiger partial charge in [0.05, 0.1) is 0 Å². The monoisotopic (exact) mass is 292 g/mol. The number of rotatable bonds is 6. The zero-order valence-corrected chi connectivity index (χ0v) is 13.4. The number of nitrogens with zero attached hydrogens (tertiary/aromatic N) is 1. The van der Waals surface area contributed by atoms with Gasteiger partial charge in [0.15, 0.2) is 0 Å². The molecule has 3 saturated carbocycles. The van der Waals surface area contributed by atoms with E-state index < -0.39 is 0 Å². The van der Waals surface area contributed by atoms with Crippen molar-refractivity contribution in [2.45, 2.75) is 76.7 Å². The number of fused-ring (bicyclic) bond motifs is 2. The van der Waals surface area contributed by atoms with Crippen LogP contribution in [0.4, 0.5) is 0 Å². The third-order valence-electron chi connectivity index (χ3n) is 6.26. The van der Waals surface area contributed by atoms with Crippen LogP contribution in [-0.4, -0.2) is 29.9 Å². The molecular weight excluding hydrogens is 260 g/mol. The highest BCUT2D eigenvalue weighted by atomic mass is 16.2. The molecule has 0 aromatic rings. The van der Waals surface area contributed by atoms with E-state index in [1.807, 2.05) is 0 Å². The van der Waals surface area contributed by atoms with Crippen LogP contribution in [0.1, 0.15) is 70.6 Å². The molecular formula is C18H32N2O. The average Bonchev–Trinajstić information content (AvgIpc) is 3.11. The standard InChI is InChI=1S/C18H32N2O/c19-9-4-10-20(17-5-2-1-3-6-17)18(21)13-16-12-14-7-8-15(16)11-14/h14-17H,1-13,19H2. The van der Waals surface area contributed by atoms with Crippen LogP contribution in [0.25, 0.3) is 0 Å². The maximum Gasteiger partial charge on any atom is 0.223 e. The van der Waals surface area contributed by atoms with Gasteiger partial charge in [0.2, 0.25) is 5.91 Å². The van der Waals surface area contributed by atoms with Crippen LogP contribution in [0.5, 0.6) is 0 Å². The molecule has 0 heterocycles. The summed E-state index contributed by atoms with van der Waals surface area (Å²) < 4.78 is 0. The normalized spacial score (nSPS) is 32.5. The Balaban J connectivity index is 1.57. The van der Waals surface area contributed by atoms with E-state index in [1.54, 1.807) is 0 Å². The molecule has 3 heteroatoms. The molecule has 0 radical (unpaired) electrons. The van der Waals surface area contributed by atoms with Gasteiger partial charge >= 0.3 is 0 Å². The summed E-state index contributed by atoms with van der Waals surface area (Å²) in [6.07, 6.45) is 13.7. The Hall–Kier alpha value is -0.570. The number of carbonyl (C=O) groups is 1. The molecule has 0 aromatic carbocycles. The minimum atomic E-state index is 0.438. The Kier molecular flexibility index (Phi) is 5.20. The summed E-state index contributed by atoms with van der Waals surface area (Å²) in [7, 11) is 0. The van der Waals surface area contributed by atoms with Gasteiger partial charge in [-0.15, -0.1) is 0 Å². The van der Waals surface area contributed by atoms with Crippen LogP contribution >= 0.6 is 0 Å². The van der Waals surface area contributed by atoms with Crippen molar-refractivity contribution in [1.82, 2.24) is 4.90 Å². The molecule has 3 aliphatic carbocycles. The number of hydrogen-bond donors (Lipinski definition) is 1. The summed E-state index contributed by atoms with van der Waals surface area (Å²) in [6, 6.07) is 0.511. The smallest absolute Gasteiger partial charge is 0.223 e. The summed E-state index contributed by atoms with van der Waals surface area (Å²) in [4.78, 5) is 15.1. The lowest BCUT2D eigenvalue weighted by Gasteiger charge is -2.36. The molecule has 1 amide bonds. The van der Waals surface area contributed by atoms with Gasteiger partial charge in [-0.1, -0.05) is 25.7 Å². The fourth-order valence-electron chi connectivity index (χ4n) is 5.13. The van der Waals surface area contributed by atoms with Crippen molar-refractivity contribution in [1.29, 1.82) is 0 Å². The quantitative estimate of drug-likeness (QED) is 0.816. The third-order valence-corrected chi connectivity index (χ3v) is 6.26. The summed E-state index contributed by atoms with van der Waals surface area (Å²) in [5, 5.41) is 0. The average molecular weight is 292 g/mol. The van der Waals surface area contributed by atoms with Crippen molar-refractivity contribution in [3.8, 4) is 0 Å². The first-order chi connectivity index (χ1) is 10.3. The minimum absolute atomic E-state index is 0.438. The van der Waals surface area contributed by atoms with Crippen LogP contribution in [-0.2, 0) is 4.79 Å². The lowest BCUT2D eigenvalue weighted by molar-refractivity contribution is -0.135. The van der Waals surface area contributed by atoms with Gasteiger partial charge < -0.3 is 10.6 Å². The Labute approximate surface area is 129 Å². The molecule has 0 spiro atoms. The first kappa shape index (κ1) is 15.3. The van der Waals surface area contributed by atoms with Crippen molar-refractivity contribution < 1.29 is 4.79 Å². The van der Waals surface area contributed by atoms with Crippen molar-refractivity contribution in [2.24, 2.45) is 23.5 Å². The number of nitrogens with two attached hydrogens (primary N) is 1. The fourth-order valence-corrected chi connectivity index (χ4v) is 5.13.